The molecule has 0 fully saturated rings. The average molecular weight is 391 g/mol. The zero-order valence-electron chi connectivity index (χ0n) is 12.8. The quantitative estimate of drug-likeness (QED) is 0.694. The Kier molecular flexibility index (Phi) is 6.52. The Morgan fingerprint density at radius 3 is 2.70 bits per heavy atom. The van der Waals surface area contributed by atoms with Crippen LogP contribution in [-0.2, 0) is 4.79 Å². The fourth-order valence-corrected chi connectivity index (χ4v) is 3.99. The summed E-state index contributed by atoms with van der Waals surface area (Å²) in [4.78, 5) is 12.3. The van der Waals surface area contributed by atoms with Crippen LogP contribution in [0.2, 0.25) is 10.0 Å². The van der Waals surface area contributed by atoms with Crippen molar-refractivity contribution in [3.8, 4) is 0 Å². The third-order valence-electron chi connectivity index (χ3n) is 2.67. The molecule has 5 nitrogen and oxygen atoms in total. The second kappa shape index (κ2) is 8.19. The Morgan fingerprint density at radius 2 is 2.00 bits per heavy atom. The molecular formula is C14H16Cl2N4OS2. The molecule has 23 heavy (non-hydrogen) atoms. The maximum atomic E-state index is 12.3. The van der Waals surface area contributed by atoms with Gasteiger partial charge in [-0.1, -0.05) is 52.4 Å². The minimum absolute atomic E-state index is 0.173. The van der Waals surface area contributed by atoms with E-state index in [0.29, 0.717) is 15.7 Å². The van der Waals surface area contributed by atoms with Gasteiger partial charge in [0.15, 0.2) is 4.34 Å². The summed E-state index contributed by atoms with van der Waals surface area (Å²) in [6.07, 6.45) is 0. The van der Waals surface area contributed by atoms with Crippen molar-refractivity contribution in [2.45, 2.75) is 36.4 Å². The van der Waals surface area contributed by atoms with Gasteiger partial charge in [0.25, 0.3) is 0 Å². The largest absolute Gasteiger partial charge is 0.358 e. The van der Waals surface area contributed by atoms with E-state index in [1.165, 1.54) is 23.1 Å². The second-order valence-electron chi connectivity index (χ2n) is 5.02. The van der Waals surface area contributed by atoms with E-state index in [9.17, 15) is 4.79 Å². The standard InChI is InChI=1S/C14H16Cl2N4OS2/c1-7(2)17-13-19-20-14(23-13)22-8(3)12(21)18-10-6-4-5-9(15)11(10)16/h4-8H,1-3H3,(H,17,19)(H,18,21)/t8-/m0/s1. The lowest BCUT2D eigenvalue weighted by molar-refractivity contribution is -0.115. The van der Waals surface area contributed by atoms with Gasteiger partial charge in [-0.15, -0.1) is 10.2 Å². The molecule has 0 aliphatic heterocycles. The summed E-state index contributed by atoms with van der Waals surface area (Å²) in [5.74, 6) is -0.173. The van der Waals surface area contributed by atoms with Gasteiger partial charge in [-0.25, -0.2) is 0 Å². The minimum atomic E-state index is -0.343. The maximum Gasteiger partial charge on any atom is 0.237 e. The van der Waals surface area contributed by atoms with E-state index in [4.69, 9.17) is 23.2 Å². The first kappa shape index (κ1) is 18.3. The van der Waals surface area contributed by atoms with Crippen LogP contribution in [0.1, 0.15) is 20.8 Å². The van der Waals surface area contributed by atoms with Crippen LogP contribution in [0, 0.1) is 0 Å². The van der Waals surface area contributed by atoms with E-state index in [-0.39, 0.29) is 17.2 Å². The third-order valence-corrected chi connectivity index (χ3v) is 5.53. The van der Waals surface area contributed by atoms with E-state index in [1.54, 1.807) is 25.1 Å². The van der Waals surface area contributed by atoms with Gasteiger partial charge in [0.05, 0.1) is 21.0 Å². The second-order valence-corrected chi connectivity index (χ2v) is 8.37. The Bertz CT molecular complexity index is 693. The van der Waals surface area contributed by atoms with Gasteiger partial charge in [0.2, 0.25) is 11.0 Å². The van der Waals surface area contributed by atoms with Crippen molar-refractivity contribution in [3.63, 3.8) is 0 Å². The molecule has 0 bridgehead atoms. The van der Waals surface area contributed by atoms with Crippen LogP contribution < -0.4 is 10.6 Å². The topological polar surface area (TPSA) is 66.9 Å². The van der Waals surface area contributed by atoms with Crippen LogP contribution in [0.3, 0.4) is 0 Å². The van der Waals surface area contributed by atoms with Crippen LogP contribution in [-0.4, -0.2) is 27.4 Å². The maximum absolute atomic E-state index is 12.3. The van der Waals surface area contributed by atoms with E-state index in [1.807, 2.05) is 13.8 Å². The molecule has 1 amide bonds. The molecule has 1 heterocycles. The number of nitrogens with zero attached hydrogens (tertiary/aromatic N) is 2. The molecule has 9 heteroatoms. The third kappa shape index (κ3) is 5.24. The molecule has 0 spiro atoms. The summed E-state index contributed by atoms with van der Waals surface area (Å²) in [6.45, 7) is 5.85. The summed E-state index contributed by atoms with van der Waals surface area (Å²) in [5, 5.41) is 15.2. The van der Waals surface area contributed by atoms with Crippen LogP contribution in [0.4, 0.5) is 10.8 Å². The van der Waals surface area contributed by atoms with Gasteiger partial charge in [-0.05, 0) is 32.9 Å². The molecule has 0 unspecified atom stereocenters. The molecule has 0 saturated heterocycles. The number of thioether (sulfide) groups is 1. The van der Waals surface area contributed by atoms with Gasteiger partial charge < -0.3 is 10.6 Å². The Hall–Kier alpha value is -1.02. The van der Waals surface area contributed by atoms with E-state index in [2.05, 4.69) is 20.8 Å². The summed E-state index contributed by atoms with van der Waals surface area (Å²) < 4.78 is 0.730. The van der Waals surface area contributed by atoms with E-state index < -0.39 is 0 Å². The van der Waals surface area contributed by atoms with Gasteiger partial charge in [0, 0.05) is 6.04 Å². The minimum Gasteiger partial charge on any atom is -0.358 e. The molecular weight excluding hydrogens is 375 g/mol. The molecule has 0 aliphatic rings. The highest BCUT2D eigenvalue weighted by Gasteiger charge is 2.18. The first-order valence-corrected chi connectivity index (χ1v) is 9.33. The molecule has 2 aromatic rings. The van der Waals surface area contributed by atoms with E-state index in [0.717, 1.165) is 9.47 Å². The molecule has 124 valence electrons. The van der Waals surface area contributed by atoms with Crippen LogP contribution >= 0.6 is 46.3 Å². The molecule has 1 aromatic carbocycles. The molecule has 2 N–H and O–H groups in total. The van der Waals surface area contributed by atoms with Crippen molar-refractivity contribution >= 4 is 63.0 Å². The fraction of sp³-hybridized carbons (Fsp3) is 0.357. The number of aromatic nitrogens is 2. The highest BCUT2D eigenvalue weighted by molar-refractivity contribution is 8.02. The smallest absolute Gasteiger partial charge is 0.237 e. The average Bonchev–Trinajstić information content (AvgIpc) is 2.90. The summed E-state index contributed by atoms with van der Waals surface area (Å²) in [7, 11) is 0. The first-order chi connectivity index (χ1) is 10.9. The predicted octanol–water partition coefficient (Wildman–Crippen LogP) is 4.78. The highest BCUT2D eigenvalue weighted by Crippen LogP contribution is 2.32. The molecule has 1 aromatic heterocycles. The number of rotatable bonds is 6. The van der Waals surface area contributed by atoms with Crippen molar-refractivity contribution in [1.82, 2.24) is 10.2 Å². The zero-order valence-corrected chi connectivity index (χ0v) is 15.9. The predicted molar refractivity (Wildman–Crippen MR) is 99.1 cm³/mol. The van der Waals surface area contributed by atoms with Gasteiger partial charge in [-0.3, -0.25) is 4.79 Å². The Morgan fingerprint density at radius 1 is 1.26 bits per heavy atom. The lowest BCUT2D eigenvalue weighted by Gasteiger charge is -2.12. The number of carbonyl (C=O) groups is 1. The fourth-order valence-electron chi connectivity index (χ4n) is 1.60. The van der Waals surface area contributed by atoms with Gasteiger partial charge in [-0.2, -0.15) is 0 Å². The number of halogens is 2. The number of benzene rings is 1. The van der Waals surface area contributed by atoms with Crippen molar-refractivity contribution in [2.24, 2.45) is 0 Å². The van der Waals surface area contributed by atoms with Crippen molar-refractivity contribution in [1.29, 1.82) is 0 Å². The molecule has 0 radical (unpaired) electrons. The van der Waals surface area contributed by atoms with Crippen LogP contribution in [0.15, 0.2) is 22.5 Å². The molecule has 2 rings (SSSR count). The monoisotopic (exact) mass is 390 g/mol. The summed E-state index contributed by atoms with van der Waals surface area (Å²) >= 11 is 14.8. The Labute approximate surface area is 153 Å². The van der Waals surface area contributed by atoms with E-state index >= 15 is 0 Å². The van der Waals surface area contributed by atoms with Crippen molar-refractivity contribution < 1.29 is 4.79 Å². The lowest BCUT2D eigenvalue weighted by Crippen LogP contribution is -2.22. The van der Waals surface area contributed by atoms with Gasteiger partial charge in [0.1, 0.15) is 0 Å². The number of anilines is 2. The Balaban J connectivity index is 1.97. The number of hydrogen-bond acceptors (Lipinski definition) is 6. The lowest BCUT2D eigenvalue weighted by atomic mass is 10.3. The highest BCUT2D eigenvalue weighted by atomic mass is 35.5. The number of carbonyl (C=O) groups excluding carboxylic acids is 1. The van der Waals surface area contributed by atoms with Crippen LogP contribution in [0.25, 0.3) is 0 Å². The molecule has 0 saturated carbocycles. The summed E-state index contributed by atoms with van der Waals surface area (Å²) in [5.41, 5.74) is 0.496. The first-order valence-electron chi connectivity index (χ1n) is 6.88. The SMILES string of the molecule is CC(C)Nc1nnc(S[C@@H](C)C(=O)Nc2cccc(Cl)c2Cl)s1. The van der Waals surface area contributed by atoms with Crippen molar-refractivity contribution in [2.75, 3.05) is 10.6 Å². The number of amides is 1. The number of nitrogens with one attached hydrogen (secondary N) is 2. The number of hydrogen-bond donors (Lipinski definition) is 2. The normalized spacial score (nSPS) is 12.3. The van der Waals surface area contributed by atoms with Gasteiger partial charge >= 0.3 is 0 Å². The van der Waals surface area contributed by atoms with Crippen molar-refractivity contribution in [3.05, 3.63) is 28.2 Å². The molecule has 1 atom stereocenters. The summed E-state index contributed by atoms with van der Waals surface area (Å²) in [6, 6.07) is 5.39. The zero-order chi connectivity index (χ0) is 17.0. The van der Waals surface area contributed by atoms with Crippen LogP contribution in [0.5, 0.6) is 0 Å². The molecule has 0 aliphatic carbocycles.